The zero-order valence-corrected chi connectivity index (χ0v) is 20.7. The summed E-state index contributed by atoms with van der Waals surface area (Å²) in [6.07, 6.45) is 5.82. The summed E-state index contributed by atoms with van der Waals surface area (Å²) in [5, 5.41) is 4.11. The molecule has 0 spiro atoms. The van der Waals surface area contributed by atoms with Crippen LogP contribution in [0.3, 0.4) is 0 Å². The number of nitrogens with zero attached hydrogens (tertiary/aromatic N) is 6. The van der Waals surface area contributed by atoms with Crippen LogP contribution < -0.4 is 20.0 Å². The lowest BCUT2D eigenvalue weighted by Crippen LogP contribution is -2.36. The fourth-order valence-electron chi connectivity index (χ4n) is 5.03. The molecule has 0 aromatic carbocycles. The van der Waals surface area contributed by atoms with Crippen LogP contribution in [0.15, 0.2) is 24.3 Å². The van der Waals surface area contributed by atoms with Crippen molar-refractivity contribution in [2.24, 2.45) is 0 Å². The van der Waals surface area contributed by atoms with E-state index in [2.05, 4.69) is 25.0 Å². The van der Waals surface area contributed by atoms with Gasteiger partial charge in [0.15, 0.2) is 16.6 Å². The zero-order valence-electron chi connectivity index (χ0n) is 19.9. The number of anilines is 4. The normalized spacial score (nSPS) is 18.9. The van der Waals surface area contributed by atoms with Crippen LogP contribution in [0.1, 0.15) is 42.6 Å². The minimum absolute atomic E-state index is 0.205. The van der Waals surface area contributed by atoms with Crippen molar-refractivity contribution < 1.29 is 9.53 Å². The third-order valence-corrected chi connectivity index (χ3v) is 7.99. The Morgan fingerprint density at radius 1 is 0.857 bits per heavy atom. The fourth-order valence-corrected chi connectivity index (χ4v) is 6.03. The van der Waals surface area contributed by atoms with E-state index in [4.69, 9.17) is 14.7 Å². The van der Waals surface area contributed by atoms with Gasteiger partial charge in [0.25, 0.3) is 5.91 Å². The maximum atomic E-state index is 13.3. The van der Waals surface area contributed by atoms with Crippen molar-refractivity contribution in [3.05, 3.63) is 30.0 Å². The molecule has 9 nitrogen and oxygen atoms in total. The molecular weight excluding hydrogens is 462 g/mol. The number of rotatable bonds is 5. The average molecular weight is 494 g/mol. The summed E-state index contributed by atoms with van der Waals surface area (Å²) in [5.41, 5.74) is 1.90. The Balaban J connectivity index is 1.32. The predicted octanol–water partition coefficient (Wildman–Crippen LogP) is 3.77. The predicted molar refractivity (Wildman–Crippen MR) is 140 cm³/mol. The van der Waals surface area contributed by atoms with Crippen LogP contribution in [0, 0.1) is 0 Å². The lowest BCUT2D eigenvalue weighted by Gasteiger charge is -2.29. The molecule has 0 unspecified atom stereocenters. The first kappa shape index (κ1) is 22.5. The Morgan fingerprint density at radius 2 is 1.60 bits per heavy atom. The van der Waals surface area contributed by atoms with E-state index < -0.39 is 0 Å². The molecule has 3 fully saturated rings. The van der Waals surface area contributed by atoms with Crippen LogP contribution >= 0.6 is 11.3 Å². The summed E-state index contributed by atoms with van der Waals surface area (Å²) in [6.45, 7) is 6.96. The van der Waals surface area contributed by atoms with E-state index in [9.17, 15) is 4.79 Å². The standard InChI is InChI=1S/C25H31N7O2S/c33-24(18-7-6-8-21(26-18)30-9-4-5-10-30)27-19-17-20-22(28-23(19)31-11-2-1-3-12-31)29-25(35-20)32-13-15-34-16-14-32/h6-8,17H,1-5,9-16H2,(H,27,33). The highest BCUT2D eigenvalue weighted by Gasteiger charge is 2.23. The molecule has 3 saturated heterocycles. The smallest absolute Gasteiger partial charge is 0.274 e. The molecule has 0 bridgehead atoms. The summed E-state index contributed by atoms with van der Waals surface area (Å²) in [7, 11) is 0. The van der Waals surface area contributed by atoms with Gasteiger partial charge in [-0.05, 0) is 50.3 Å². The van der Waals surface area contributed by atoms with Gasteiger partial charge in [0.05, 0.1) is 23.6 Å². The van der Waals surface area contributed by atoms with Gasteiger partial charge < -0.3 is 24.8 Å². The van der Waals surface area contributed by atoms with Crippen LogP contribution in [0.2, 0.25) is 0 Å². The Kier molecular flexibility index (Phi) is 6.39. The number of ether oxygens (including phenoxy) is 1. The first-order valence-electron chi connectivity index (χ1n) is 12.7. The second-order valence-electron chi connectivity index (χ2n) is 9.35. The van der Waals surface area contributed by atoms with Crippen LogP contribution in [-0.2, 0) is 4.74 Å². The van der Waals surface area contributed by atoms with E-state index in [1.54, 1.807) is 17.4 Å². The molecule has 0 aliphatic carbocycles. The average Bonchev–Trinajstić information content (AvgIpc) is 3.60. The molecule has 10 heteroatoms. The van der Waals surface area contributed by atoms with Gasteiger partial charge >= 0.3 is 0 Å². The van der Waals surface area contributed by atoms with Gasteiger partial charge in [0.2, 0.25) is 0 Å². The van der Waals surface area contributed by atoms with E-state index in [0.29, 0.717) is 18.9 Å². The number of carbonyl (C=O) groups is 1. The van der Waals surface area contributed by atoms with Gasteiger partial charge in [-0.15, -0.1) is 0 Å². The number of pyridine rings is 2. The number of morpholine rings is 1. The minimum Gasteiger partial charge on any atom is -0.378 e. The van der Waals surface area contributed by atoms with Gasteiger partial charge in [-0.3, -0.25) is 4.79 Å². The number of thiazole rings is 1. The number of carbonyl (C=O) groups excluding carboxylic acids is 1. The third-order valence-electron chi connectivity index (χ3n) is 6.93. The minimum atomic E-state index is -0.205. The maximum Gasteiger partial charge on any atom is 0.274 e. The highest BCUT2D eigenvalue weighted by molar-refractivity contribution is 7.22. The zero-order chi connectivity index (χ0) is 23.6. The number of fused-ring (bicyclic) bond motifs is 1. The first-order valence-corrected chi connectivity index (χ1v) is 13.5. The molecule has 0 saturated carbocycles. The van der Waals surface area contributed by atoms with E-state index in [0.717, 1.165) is 84.9 Å². The van der Waals surface area contributed by atoms with Crippen molar-refractivity contribution >= 4 is 50.0 Å². The van der Waals surface area contributed by atoms with Gasteiger partial charge in [-0.1, -0.05) is 17.4 Å². The van der Waals surface area contributed by atoms with E-state index in [-0.39, 0.29) is 5.91 Å². The van der Waals surface area contributed by atoms with Crippen LogP contribution in [0.5, 0.6) is 0 Å². The second kappa shape index (κ2) is 9.94. The van der Waals surface area contributed by atoms with Crippen molar-refractivity contribution in [1.29, 1.82) is 0 Å². The molecule has 184 valence electrons. The molecule has 1 amide bonds. The quantitative estimate of drug-likeness (QED) is 0.575. The number of aromatic nitrogens is 3. The highest BCUT2D eigenvalue weighted by Crippen LogP contribution is 2.35. The molecule has 0 atom stereocenters. The molecule has 3 aliphatic heterocycles. The van der Waals surface area contributed by atoms with Crippen molar-refractivity contribution in [2.75, 3.05) is 72.5 Å². The van der Waals surface area contributed by atoms with Crippen LogP contribution in [-0.4, -0.2) is 73.3 Å². The van der Waals surface area contributed by atoms with Crippen molar-refractivity contribution in [1.82, 2.24) is 15.0 Å². The van der Waals surface area contributed by atoms with Gasteiger partial charge in [0.1, 0.15) is 11.5 Å². The SMILES string of the molecule is O=C(Nc1cc2sc(N3CCOCC3)nc2nc1N1CCCCC1)c1cccc(N2CCCC2)n1. The lowest BCUT2D eigenvalue weighted by molar-refractivity contribution is 0.102. The number of hydrogen-bond donors (Lipinski definition) is 1. The Bertz CT molecular complexity index is 1200. The molecule has 1 N–H and O–H groups in total. The monoisotopic (exact) mass is 493 g/mol. The van der Waals surface area contributed by atoms with E-state index >= 15 is 0 Å². The molecular formula is C25H31N7O2S. The molecule has 6 heterocycles. The second-order valence-corrected chi connectivity index (χ2v) is 10.4. The summed E-state index contributed by atoms with van der Waals surface area (Å²) in [4.78, 5) is 34.6. The summed E-state index contributed by atoms with van der Waals surface area (Å²) < 4.78 is 6.47. The molecule has 3 aliphatic rings. The van der Waals surface area contributed by atoms with Gasteiger partial charge in [0, 0.05) is 39.3 Å². The number of nitrogens with one attached hydrogen (secondary N) is 1. The van der Waals surface area contributed by atoms with Crippen molar-refractivity contribution in [3.63, 3.8) is 0 Å². The summed E-state index contributed by atoms with van der Waals surface area (Å²) in [5.74, 6) is 1.47. The number of hydrogen-bond acceptors (Lipinski definition) is 9. The van der Waals surface area contributed by atoms with Crippen LogP contribution in [0.25, 0.3) is 10.3 Å². The van der Waals surface area contributed by atoms with Crippen molar-refractivity contribution in [2.45, 2.75) is 32.1 Å². The number of piperidine rings is 1. The summed E-state index contributed by atoms with van der Waals surface area (Å²) >= 11 is 1.62. The van der Waals surface area contributed by atoms with Crippen LogP contribution in [0.4, 0.5) is 22.5 Å². The lowest BCUT2D eigenvalue weighted by atomic mass is 10.1. The highest BCUT2D eigenvalue weighted by atomic mass is 32.1. The summed E-state index contributed by atoms with van der Waals surface area (Å²) in [6, 6.07) is 7.72. The van der Waals surface area contributed by atoms with E-state index in [1.807, 2.05) is 18.2 Å². The topological polar surface area (TPSA) is 86.7 Å². The Hall–Kier alpha value is -2.98. The van der Waals surface area contributed by atoms with E-state index in [1.165, 1.54) is 19.3 Å². The first-order chi connectivity index (χ1) is 17.2. The van der Waals surface area contributed by atoms with Gasteiger partial charge in [-0.25, -0.2) is 9.97 Å². The van der Waals surface area contributed by atoms with Crippen molar-refractivity contribution in [3.8, 4) is 0 Å². The number of amides is 1. The van der Waals surface area contributed by atoms with Gasteiger partial charge in [-0.2, -0.15) is 4.98 Å². The molecule has 0 radical (unpaired) electrons. The molecule has 35 heavy (non-hydrogen) atoms. The molecule has 3 aromatic rings. The molecule has 6 rings (SSSR count). The Labute approximate surface area is 209 Å². The largest absolute Gasteiger partial charge is 0.378 e. The Morgan fingerprint density at radius 3 is 2.40 bits per heavy atom. The molecule has 3 aromatic heterocycles. The fraction of sp³-hybridized carbons (Fsp3) is 0.520. The maximum absolute atomic E-state index is 13.3. The third kappa shape index (κ3) is 4.77.